The number of ether oxygens (including phenoxy) is 2. The predicted molar refractivity (Wildman–Crippen MR) is 117 cm³/mol. The Labute approximate surface area is 180 Å². The highest BCUT2D eigenvalue weighted by molar-refractivity contribution is 5.90. The molecule has 0 saturated carbocycles. The van der Waals surface area contributed by atoms with Crippen LogP contribution in [0.3, 0.4) is 0 Å². The number of nitrogens with zero attached hydrogens (tertiary/aromatic N) is 1. The molecule has 2 amide bonds. The molecule has 6 nitrogen and oxygen atoms in total. The molecule has 0 fully saturated rings. The average Bonchev–Trinajstić information content (AvgIpc) is 2.76. The Morgan fingerprint density at radius 3 is 2.45 bits per heavy atom. The maximum absolute atomic E-state index is 14.4. The third-order valence-electron chi connectivity index (χ3n) is 4.39. The van der Waals surface area contributed by atoms with Crippen LogP contribution in [0, 0.1) is 5.82 Å². The number of rotatable bonds is 7. The lowest BCUT2D eigenvalue weighted by Gasteiger charge is -2.23. The summed E-state index contributed by atoms with van der Waals surface area (Å²) < 4.78 is 24.8. The molecule has 0 saturated heterocycles. The van der Waals surface area contributed by atoms with Gasteiger partial charge in [-0.15, -0.1) is 0 Å². The fourth-order valence-electron chi connectivity index (χ4n) is 2.94. The molecule has 0 spiro atoms. The Hall–Kier alpha value is -3.87. The van der Waals surface area contributed by atoms with Gasteiger partial charge in [-0.05, 0) is 43.2 Å². The first kappa shape index (κ1) is 21.8. The number of hydrogen-bond acceptors (Lipinski definition) is 4. The van der Waals surface area contributed by atoms with Gasteiger partial charge in [-0.3, -0.25) is 10.2 Å². The zero-order valence-electron chi connectivity index (χ0n) is 17.1. The second-order valence-electron chi connectivity index (χ2n) is 6.58. The second-order valence-corrected chi connectivity index (χ2v) is 6.58. The quantitative estimate of drug-likeness (QED) is 0.535. The van der Waals surface area contributed by atoms with Gasteiger partial charge < -0.3 is 9.47 Å². The fourth-order valence-corrected chi connectivity index (χ4v) is 2.94. The molecule has 3 rings (SSSR count). The Kier molecular flexibility index (Phi) is 7.59. The van der Waals surface area contributed by atoms with E-state index in [2.05, 4.69) is 5.32 Å². The highest BCUT2D eigenvalue weighted by Gasteiger charge is 2.21. The highest BCUT2D eigenvalue weighted by Crippen LogP contribution is 2.23. The van der Waals surface area contributed by atoms with Gasteiger partial charge in [-0.25, -0.2) is 14.0 Å². The summed E-state index contributed by atoms with van der Waals surface area (Å²) in [4.78, 5) is 25.8. The van der Waals surface area contributed by atoms with Gasteiger partial charge in [-0.2, -0.15) is 0 Å². The number of anilines is 2. The predicted octanol–water partition coefficient (Wildman–Crippen LogP) is 5.64. The Morgan fingerprint density at radius 1 is 0.968 bits per heavy atom. The number of amides is 2. The normalized spacial score (nSPS) is 10.3. The number of halogens is 1. The summed E-state index contributed by atoms with van der Waals surface area (Å²) in [5.41, 5.74) is 1.55. The minimum absolute atomic E-state index is 0.129. The molecule has 7 heteroatoms. The molecule has 3 aromatic rings. The average molecular weight is 422 g/mol. The molecule has 3 aromatic carbocycles. The molecule has 0 atom stereocenters. The minimum Gasteiger partial charge on any atom is -0.450 e. The van der Waals surface area contributed by atoms with Crippen LogP contribution < -0.4 is 15.0 Å². The van der Waals surface area contributed by atoms with E-state index < -0.39 is 18.0 Å². The molecular formula is C24H23FN2O4. The maximum atomic E-state index is 14.4. The summed E-state index contributed by atoms with van der Waals surface area (Å²) in [6.07, 6.45) is -0.814. The van der Waals surface area contributed by atoms with Crippen molar-refractivity contribution in [1.29, 1.82) is 0 Å². The molecule has 0 radical (unpaired) electrons. The molecule has 0 aliphatic carbocycles. The van der Waals surface area contributed by atoms with E-state index in [0.717, 1.165) is 5.56 Å². The standard InChI is InChI=1S/C24H23FN2O4/c1-2-30-23(28)26-19-11-8-12-20(17-19)31-24(29)27(22-14-7-6-13-21(22)25)16-15-18-9-4-3-5-10-18/h3-14,17H,2,15-16H2,1H3,(H,26,28). The monoisotopic (exact) mass is 422 g/mol. The van der Waals surface area contributed by atoms with Gasteiger partial charge >= 0.3 is 12.2 Å². The number of para-hydroxylation sites is 1. The van der Waals surface area contributed by atoms with Crippen LogP contribution in [0.4, 0.5) is 25.4 Å². The molecule has 1 N–H and O–H groups in total. The zero-order valence-corrected chi connectivity index (χ0v) is 17.1. The zero-order chi connectivity index (χ0) is 22.1. The number of nitrogens with one attached hydrogen (secondary N) is 1. The lowest BCUT2D eigenvalue weighted by molar-refractivity contribution is 0.168. The third kappa shape index (κ3) is 6.30. The van der Waals surface area contributed by atoms with Crippen molar-refractivity contribution < 1.29 is 23.5 Å². The van der Waals surface area contributed by atoms with E-state index in [1.807, 2.05) is 30.3 Å². The van der Waals surface area contributed by atoms with E-state index in [-0.39, 0.29) is 24.6 Å². The summed E-state index contributed by atoms with van der Waals surface area (Å²) in [5.74, 6) is -0.314. The van der Waals surface area contributed by atoms with Crippen LogP contribution in [-0.2, 0) is 11.2 Å². The van der Waals surface area contributed by atoms with E-state index >= 15 is 0 Å². The number of carbonyl (C=O) groups is 2. The van der Waals surface area contributed by atoms with E-state index in [4.69, 9.17) is 9.47 Å². The van der Waals surface area contributed by atoms with E-state index in [1.54, 1.807) is 37.3 Å². The SMILES string of the molecule is CCOC(=O)Nc1cccc(OC(=O)N(CCc2ccccc2)c2ccccc2F)c1. The van der Waals surface area contributed by atoms with E-state index in [1.165, 1.54) is 23.1 Å². The molecule has 0 unspecified atom stereocenters. The summed E-state index contributed by atoms with van der Waals surface area (Å²) in [5, 5.41) is 2.55. The van der Waals surface area contributed by atoms with Crippen LogP contribution in [0.2, 0.25) is 0 Å². The molecule has 0 bridgehead atoms. The van der Waals surface area contributed by atoms with Crippen LogP contribution in [0.1, 0.15) is 12.5 Å². The molecule has 0 aromatic heterocycles. The Bertz CT molecular complexity index is 1030. The lowest BCUT2D eigenvalue weighted by Crippen LogP contribution is -2.36. The van der Waals surface area contributed by atoms with Crippen molar-refractivity contribution in [2.24, 2.45) is 0 Å². The van der Waals surface area contributed by atoms with Crippen molar-refractivity contribution in [3.63, 3.8) is 0 Å². The van der Waals surface area contributed by atoms with Crippen LogP contribution in [0.5, 0.6) is 5.75 Å². The summed E-state index contributed by atoms with van der Waals surface area (Å²) in [6, 6.07) is 22.0. The van der Waals surface area contributed by atoms with Crippen LogP contribution in [0.25, 0.3) is 0 Å². The van der Waals surface area contributed by atoms with Crippen molar-refractivity contribution in [3.8, 4) is 5.75 Å². The molecule has 31 heavy (non-hydrogen) atoms. The number of benzene rings is 3. The van der Waals surface area contributed by atoms with E-state index in [9.17, 15) is 14.0 Å². The maximum Gasteiger partial charge on any atom is 0.419 e. The molecular weight excluding hydrogens is 399 g/mol. The van der Waals surface area contributed by atoms with Crippen molar-refractivity contribution in [1.82, 2.24) is 0 Å². The Morgan fingerprint density at radius 2 is 1.71 bits per heavy atom. The van der Waals surface area contributed by atoms with Crippen LogP contribution >= 0.6 is 0 Å². The topological polar surface area (TPSA) is 67.9 Å². The first-order valence-electron chi connectivity index (χ1n) is 9.88. The van der Waals surface area contributed by atoms with Crippen molar-refractivity contribution in [3.05, 3.63) is 90.2 Å². The van der Waals surface area contributed by atoms with E-state index in [0.29, 0.717) is 12.1 Å². The van der Waals surface area contributed by atoms with Gasteiger partial charge in [-0.1, -0.05) is 48.5 Å². The van der Waals surface area contributed by atoms with Gasteiger partial charge in [0.1, 0.15) is 11.6 Å². The molecule has 160 valence electrons. The van der Waals surface area contributed by atoms with Gasteiger partial charge in [0.25, 0.3) is 0 Å². The van der Waals surface area contributed by atoms with Gasteiger partial charge in [0.05, 0.1) is 12.3 Å². The summed E-state index contributed by atoms with van der Waals surface area (Å²) >= 11 is 0. The smallest absolute Gasteiger partial charge is 0.419 e. The first-order chi connectivity index (χ1) is 15.1. The summed E-state index contributed by atoms with van der Waals surface area (Å²) in [7, 11) is 0. The lowest BCUT2D eigenvalue weighted by atomic mass is 10.1. The number of hydrogen-bond donors (Lipinski definition) is 1. The largest absolute Gasteiger partial charge is 0.450 e. The molecule has 0 aliphatic heterocycles. The highest BCUT2D eigenvalue weighted by atomic mass is 19.1. The van der Waals surface area contributed by atoms with Crippen molar-refractivity contribution in [2.75, 3.05) is 23.4 Å². The van der Waals surface area contributed by atoms with Gasteiger partial charge in [0, 0.05) is 18.3 Å². The molecule has 0 aliphatic rings. The Balaban J connectivity index is 1.77. The number of carbonyl (C=O) groups excluding carboxylic acids is 2. The fraction of sp³-hybridized carbons (Fsp3) is 0.167. The van der Waals surface area contributed by atoms with Crippen molar-refractivity contribution in [2.45, 2.75) is 13.3 Å². The summed E-state index contributed by atoms with van der Waals surface area (Å²) in [6.45, 7) is 2.16. The van der Waals surface area contributed by atoms with Crippen LogP contribution in [0.15, 0.2) is 78.9 Å². The second kappa shape index (κ2) is 10.8. The van der Waals surface area contributed by atoms with Crippen LogP contribution in [-0.4, -0.2) is 25.3 Å². The third-order valence-corrected chi connectivity index (χ3v) is 4.39. The molecule has 0 heterocycles. The first-order valence-corrected chi connectivity index (χ1v) is 9.88. The van der Waals surface area contributed by atoms with Gasteiger partial charge in [0.2, 0.25) is 0 Å². The van der Waals surface area contributed by atoms with Crippen molar-refractivity contribution >= 4 is 23.6 Å². The van der Waals surface area contributed by atoms with Gasteiger partial charge in [0.15, 0.2) is 0 Å². The minimum atomic E-state index is -0.727.